The Morgan fingerprint density at radius 2 is 1.95 bits per heavy atom. The van der Waals surface area contributed by atoms with Crippen LogP contribution in [0.5, 0.6) is 5.88 Å². The lowest BCUT2D eigenvalue weighted by Crippen LogP contribution is -2.37. The minimum Gasteiger partial charge on any atom is -0.479 e. The summed E-state index contributed by atoms with van der Waals surface area (Å²) in [5.74, 6) is 1.36. The van der Waals surface area contributed by atoms with Crippen LogP contribution in [-0.4, -0.2) is 38.4 Å². The lowest BCUT2D eigenvalue weighted by molar-refractivity contribution is 0.202. The van der Waals surface area contributed by atoms with Crippen molar-refractivity contribution in [1.82, 2.24) is 4.98 Å². The molecular formula is C14H25N3O2. The second-order valence-electron chi connectivity index (χ2n) is 4.42. The van der Waals surface area contributed by atoms with E-state index >= 15 is 0 Å². The van der Waals surface area contributed by atoms with Gasteiger partial charge in [-0.05, 0) is 25.0 Å². The molecule has 1 aromatic rings. The fourth-order valence-electron chi connectivity index (χ4n) is 2.17. The second kappa shape index (κ2) is 7.84. The SMILES string of the molecule is CCC(CC)N(CCOC)c1ccc(N)c(OC)n1. The van der Waals surface area contributed by atoms with Crippen LogP contribution in [0, 0.1) is 0 Å². The van der Waals surface area contributed by atoms with E-state index in [0.717, 1.165) is 25.2 Å². The van der Waals surface area contributed by atoms with Gasteiger partial charge in [0.2, 0.25) is 5.88 Å². The first-order valence-corrected chi connectivity index (χ1v) is 6.73. The third kappa shape index (κ3) is 3.99. The highest BCUT2D eigenvalue weighted by Gasteiger charge is 2.17. The maximum absolute atomic E-state index is 5.81. The molecule has 1 heterocycles. The van der Waals surface area contributed by atoms with Crippen LogP contribution in [0.15, 0.2) is 12.1 Å². The smallest absolute Gasteiger partial charge is 0.238 e. The summed E-state index contributed by atoms with van der Waals surface area (Å²) in [6, 6.07) is 4.21. The summed E-state index contributed by atoms with van der Waals surface area (Å²) in [7, 11) is 3.29. The predicted molar refractivity (Wildman–Crippen MR) is 78.8 cm³/mol. The molecule has 0 aliphatic carbocycles. The molecule has 5 heteroatoms. The number of hydrogen-bond acceptors (Lipinski definition) is 5. The van der Waals surface area contributed by atoms with E-state index in [1.54, 1.807) is 14.2 Å². The highest BCUT2D eigenvalue weighted by molar-refractivity contribution is 5.54. The zero-order valence-corrected chi connectivity index (χ0v) is 12.3. The molecule has 0 aliphatic rings. The van der Waals surface area contributed by atoms with E-state index < -0.39 is 0 Å². The van der Waals surface area contributed by atoms with Gasteiger partial charge in [-0.25, -0.2) is 0 Å². The Balaban J connectivity index is 3.01. The van der Waals surface area contributed by atoms with Crippen molar-refractivity contribution in [1.29, 1.82) is 0 Å². The number of nitrogens with zero attached hydrogens (tertiary/aromatic N) is 2. The molecule has 5 nitrogen and oxygen atoms in total. The highest BCUT2D eigenvalue weighted by Crippen LogP contribution is 2.25. The van der Waals surface area contributed by atoms with Crippen LogP contribution in [0.3, 0.4) is 0 Å². The Bertz CT molecular complexity index is 381. The van der Waals surface area contributed by atoms with Crippen molar-refractivity contribution in [3.05, 3.63) is 12.1 Å². The Labute approximate surface area is 115 Å². The Hall–Kier alpha value is -1.49. The number of hydrogen-bond donors (Lipinski definition) is 1. The van der Waals surface area contributed by atoms with Crippen molar-refractivity contribution >= 4 is 11.5 Å². The van der Waals surface area contributed by atoms with Crippen LogP contribution in [0.1, 0.15) is 26.7 Å². The van der Waals surface area contributed by atoms with E-state index in [9.17, 15) is 0 Å². The number of rotatable bonds is 8. The van der Waals surface area contributed by atoms with Crippen molar-refractivity contribution in [2.24, 2.45) is 0 Å². The lowest BCUT2D eigenvalue weighted by atomic mass is 10.1. The first-order valence-electron chi connectivity index (χ1n) is 6.73. The van der Waals surface area contributed by atoms with E-state index in [-0.39, 0.29) is 0 Å². The van der Waals surface area contributed by atoms with E-state index in [2.05, 4.69) is 23.7 Å². The van der Waals surface area contributed by atoms with Gasteiger partial charge in [-0.1, -0.05) is 13.8 Å². The van der Waals surface area contributed by atoms with E-state index in [4.69, 9.17) is 15.2 Å². The predicted octanol–water partition coefficient (Wildman–Crippen LogP) is 2.31. The molecule has 2 N–H and O–H groups in total. The molecule has 0 spiro atoms. The quantitative estimate of drug-likeness (QED) is 0.783. The van der Waals surface area contributed by atoms with E-state index in [0.29, 0.717) is 24.2 Å². The molecule has 0 fully saturated rings. The van der Waals surface area contributed by atoms with Crippen molar-refractivity contribution in [2.75, 3.05) is 38.0 Å². The van der Waals surface area contributed by atoms with Crippen LogP contribution in [0.25, 0.3) is 0 Å². The van der Waals surface area contributed by atoms with Gasteiger partial charge in [0.05, 0.1) is 19.4 Å². The maximum atomic E-state index is 5.81. The molecule has 0 saturated heterocycles. The van der Waals surface area contributed by atoms with E-state index in [1.165, 1.54) is 0 Å². The second-order valence-corrected chi connectivity index (χ2v) is 4.42. The molecule has 0 radical (unpaired) electrons. The van der Waals surface area contributed by atoms with Gasteiger partial charge < -0.3 is 20.1 Å². The summed E-state index contributed by atoms with van der Waals surface area (Å²) in [5, 5.41) is 0. The fraction of sp³-hybridized carbons (Fsp3) is 0.643. The Morgan fingerprint density at radius 1 is 1.26 bits per heavy atom. The van der Waals surface area contributed by atoms with E-state index in [1.807, 2.05) is 12.1 Å². The molecule has 19 heavy (non-hydrogen) atoms. The zero-order valence-electron chi connectivity index (χ0n) is 12.3. The summed E-state index contributed by atoms with van der Waals surface area (Å²) in [4.78, 5) is 6.74. The molecule has 1 rings (SSSR count). The van der Waals surface area contributed by atoms with Crippen molar-refractivity contribution in [2.45, 2.75) is 32.7 Å². The average molecular weight is 267 g/mol. The third-order valence-corrected chi connectivity index (χ3v) is 3.28. The summed E-state index contributed by atoms with van der Waals surface area (Å²) >= 11 is 0. The standard InChI is InChI=1S/C14H25N3O2/c1-5-11(6-2)17(9-10-18-3)13-8-7-12(15)14(16-13)19-4/h7-8,11H,5-6,9-10,15H2,1-4H3. The van der Waals surface area contributed by atoms with Crippen LogP contribution < -0.4 is 15.4 Å². The first-order chi connectivity index (χ1) is 9.17. The molecule has 108 valence electrons. The largest absolute Gasteiger partial charge is 0.479 e. The molecular weight excluding hydrogens is 242 g/mol. The number of aromatic nitrogens is 1. The van der Waals surface area contributed by atoms with Crippen LogP contribution in [0.2, 0.25) is 0 Å². The number of nitrogen functional groups attached to an aromatic ring is 1. The van der Waals surface area contributed by atoms with Gasteiger partial charge in [0.1, 0.15) is 5.82 Å². The molecule has 0 atom stereocenters. The summed E-state index contributed by atoms with van der Waals surface area (Å²) in [6.45, 7) is 5.85. The van der Waals surface area contributed by atoms with Crippen LogP contribution in [-0.2, 0) is 4.74 Å². The number of pyridine rings is 1. The lowest BCUT2D eigenvalue weighted by Gasteiger charge is -2.31. The maximum Gasteiger partial charge on any atom is 0.238 e. The van der Waals surface area contributed by atoms with Gasteiger partial charge in [0, 0.05) is 19.7 Å². The van der Waals surface area contributed by atoms with Gasteiger partial charge in [0.15, 0.2) is 0 Å². The van der Waals surface area contributed by atoms with Gasteiger partial charge in [-0.2, -0.15) is 4.98 Å². The first kappa shape index (κ1) is 15.6. The average Bonchev–Trinajstić information content (AvgIpc) is 2.44. The molecule has 0 aliphatic heterocycles. The van der Waals surface area contributed by atoms with Crippen molar-refractivity contribution in [3.63, 3.8) is 0 Å². The number of methoxy groups -OCH3 is 2. The summed E-state index contributed by atoms with van der Waals surface area (Å²) in [6.07, 6.45) is 2.13. The van der Waals surface area contributed by atoms with Gasteiger partial charge in [-0.3, -0.25) is 0 Å². The van der Waals surface area contributed by atoms with Crippen LogP contribution >= 0.6 is 0 Å². The number of ether oxygens (including phenoxy) is 2. The molecule has 0 saturated carbocycles. The van der Waals surface area contributed by atoms with Gasteiger partial charge in [-0.15, -0.1) is 0 Å². The molecule has 0 aromatic carbocycles. The number of nitrogens with two attached hydrogens (primary N) is 1. The van der Waals surface area contributed by atoms with Crippen molar-refractivity contribution < 1.29 is 9.47 Å². The zero-order chi connectivity index (χ0) is 14.3. The van der Waals surface area contributed by atoms with Crippen molar-refractivity contribution in [3.8, 4) is 5.88 Å². The van der Waals surface area contributed by atoms with Gasteiger partial charge in [0.25, 0.3) is 0 Å². The Kier molecular flexibility index (Phi) is 6.42. The monoisotopic (exact) mass is 267 g/mol. The van der Waals surface area contributed by atoms with Crippen LogP contribution in [0.4, 0.5) is 11.5 Å². The Morgan fingerprint density at radius 3 is 2.47 bits per heavy atom. The summed E-state index contributed by atoms with van der Waals surface area (Å²) in [5.41, 5.74) is 6.37. The minimum atomic E-state index is 0.441. The molecule has 0 bridgehead atoms. The molecule has 0 amide bonds. The summed E-state index contributed by atoms with van der Waals surface area (Å²) < 4.78 is 10.4. The normalized spacial score (nSPS) is 10.8. The third-order valence-electron chi connectivity index (χ3n) is 3.28. The molecule has 1 aromatic heterocycles. The highest BCUT2D eigenvalue weighted by atomic mass is 16.5. The molecule has 0 unspecified atom stereocenters. The fourth-order valence-corrected chi connectivity index (χ4v) is 2.17. The minimum absolute atomic E-state index is 0.441. The topological polar surface area (TPSA) is 60.6 Å². The van der Waals surface area contributed by atoms with Gasteiger partial charge >= 0.3 is 0 Å². The number of anilines is 2.